The van der Waals surface area contributed by atoms with Gasteiger partial charge in [0.15, 0.2) is 0 Å². The number of ether oxygens (including phenoxy) is 1. The summed E-state index contributed by atoms with van der Waals surface area (Å²) < 4.78 is 5.30. The number of anilines is 1. The van der Waals surface area contributed by atoms with E-state index in [1.807, 2.05) is 42.5 Å². The smallest absolute Gasteiger partial charge is 0.245 e. The minimum Gasteiger partial charge on any atom is -0.497 e. The summed E-state index contributed by atoms with van der Waals surface area (Å²) in [6, 6.07) is 15.6. The van der Waals surface area contributed by atoms with E-state index in [-0.39, 0.29) is 5.91 Å². The van der Waals surface area contributed by atoms with Gasteiger partial charge in [0.2, 0.25) is 5.91 Å². The number of nitrogens with one attached hydrogen (secondary N) is 2. The van der Waals surface area contributed by atoms with Crippen molar-refractivity contribution in [2.45, 2.75) is 24.9 Å². The summed E-state index contributed by atoms with van der Waals surface area (Å²) in [7, 11) is 3.33. The third kappa shape index (κ3) is 4.73. The summed E-state index contributed by atoms with van der Waals surface area (Å²) in [6.07, 6.45) is 1.45. The van der Waals surface area contributed by atoms with E-state index in [0.29, 0.717) is 0 Å². The van der Waals surface area contributed by atoms with Crippen molar-refractivity contribution in [2.75, 3.05) is 32.6 Å². The van der Waals surface area contributed by atoms with Gasteiger partial charge in [0.1, 0.15) is 11.3 Å². The fourth-order valence-corrected chi connectivity index (χ4v) is 3.82. The van der Waals surface area contributed by atoms with Gasteiger partial charge in [-0.05, 0) is 42.7 Å². The standard InChI is InChI=1S/C21H26ClN3O2/c1-23-20(26)21(24-18-7-4-8-19(14-18)27-2)9-11-25(12-10-21)15-16-5-3-6-17(22)13-16/h3-8,13-14,24H,9-12,15H2,1-2H3,(H,23,26). The Bertz CT molecular complexity index is 789. The number of likely N-dealkylation sites (N-methyl/N-ethyl adjacent to an activating group) is 1. The number of likely N-dealkylation sites (tertiary alicyclic amines) is 1. The third-order valence-electron chi connectivity index (χ3n) is 5.12. The molecule has 2 N–H and O–H groups in total. The molecule has 0 saturated carbocycles. The maximum absolute atomic E-state index is 12.7. The lowest BCUT2D eigenvalue weighted by Crippen LogP contribution is -2.57. The Hall–Kier alpha value is -2.24. The average molecular weight is 388 g/mol. The minimum absolute atomic E-state index is 0.0210. The summed E-state index contributed by atoms with van der Waals surface area (Å²) in [4.78, 5) is 15.1. The fourth-order valence-electron chi connectivity index (χ4n) is 3.61. The quantitative estimate of drug-likeness (QED) is 0.796. The summed E-state index contributed by atoms with van der Waals surface area (Å²) >= 11 is 6.09. The molecule has 0 radical (unpaired) electrons. The molecule has 2 aromatic rings. The highest BCUT2D eigenvalue weighted by atomic mass is 35.5. The molecule has 5 nitrogen and oxygen atoms in total. The van der Waals surface area contributed by atoms with Crippen molar-refractivity contribution >= 4 is 23.2 Å². The average Bonchev–Trinajstić information content (AvgIpc) is 2.69. The van der Waals surface area contributed by atoms with Gasteiger partial charge in [0.05, 0.1) is 7.11 Å². The molecule has 0 atom stereocenters. The molecule has 0 aromatic heterocycles. The first-order valence-electron chi connectivity index (χ1n) is 9.16. The highest BCUT2D eigenvalue weighted by molar-refractivity contribution is 6.30. The first-order valence-corrected chi connectivity index (χ1v) is 9.54. The van der Waals surface area contributed by atoms with Gasteiger partial charge >= 0.3 is 0 Å². The van der Waals surface area contributed by atoms with Crippen LogP contribution in [0.25, 0.3) is 0 Å². The van der Waals surface area contributed by atoms with Crippen LogP contribution < -0.4 is 15.4 Å². The van der Waals surface area contributed by atoms with Gasteiger partial charge in [-0.1, -0.05) is 29.8 Å². The molecule has 1 heterocycles. The van der Waals surface area contributed by atoms with Crippen LogP contribution in [0, 0.1) is 0 Å². The number of nitrogens with zero attached hydrogens (tertiary/aromatic N) is 1. The van der Waals surface area contributed by atoms with E-state index >= 15 is 0 Å². The number of amides is 1. The van der Waals surface area contributed by atoms with Gasteiger partial charge in [0, 0.05) is 43.5 Å². The van der Waals surface area contributed by atoms with E-state index in [0.717, 1.165) is 48.9 Å². The van der Waals surface area contributed by atoms with Crippen molar-refractivity contribution in [1.82, 2.24) is 10.2 Å². The van der Waals surface area contributed by atoms with E-state index in [1.165, 1.54) is 5.56 Å². The van der Waals surface area contributed by atoms with E-state index < -0.39 is 5.54 Å². The fraction of sp³-hybridized carbons (Fsp3) is 0.381. The molecule has 0 aliphatic carbocycles. The number of hydrogen-bond acceptors (Lipinski definition) is 4. The summed E-state index contributed by atoms with van der Waals surface area (Å²) in [5, 5.41) is 7.05. The van der Waals surface area contributed by atoms with Crippen LogP contribution >= 0.6 is 11.6 Å². The van der Waals surface area contributed by atoms with Crippen LogP contribution in [-0.4, -0.2) is 43.6 Å². The van der Waals surface area contributed by atoms with Gasteiger partial charge in [-0.25, -0.2) is 0 Å². The minimum atomic E-state index is -0.619. The summed E-state index contributed by atoms with van der Waals surface area (Å²) in [5.41, 5.74) is 1.46. The van der Waals surface area contributed by atoms with Crippen LogP contribution in [0.3, 0.4) is 0 Å². The summed E-state index contributed by atoms with van der Waals surface area (Å²) in [5.74, 6) is 0.790. The number of piperidine rings is 1. The third-order valence-corrected chi connectivity index (χ3v) is 5.35. The molecule has 1 aliphatic rings. The number of halogens is 1. The SMILES string of the molecule is CNC(=O)C1(Nc2cccc(OC)c2)CCN(Cc2cccc(Cl)c2)CC1. The van der Waals surface area contributed by atoms with E-state index in [9.17, 15) is 4.79 Å². The van der Waals surface area contributed by atoms with Crippen LogP contribution in [0.4, 0.5) is 5.69 Å². The Labute approximate surface area is 165 Å². The van der Waals surface area contributed by atoms with Crippen LogP contribution in [0.1, 0.15) is 18.4 Å². The molecule has 0 unspecified atom stereocenters. The Balaban J connectivity index is 1.70. The van der Waals surface area contributed by atoms with Gasteiger partial charge < -0.3 is 15.4 Å². The van der Waals surface area contributed by atoms with Gasteiger partial charge in [0.25, 0.3) is 0 Å². The van der Waals surface area contributed by atoms with Crippen molar-refractivity contribution in [3.8, 4) is 5.75 Å². The first kappa shape index (κ1) is 19.5. The predicted molar refractivity (Wildman–Crippen MR) is 109 cm³/mol. The van der Waals surface area contributed by atoms with Crippen molar-refractivity contribution in [2.24, 2.45) is 0 Å². The molecule has 0 bridgehead atoms. The Morgan fingerprint density at radius 1 is 1.19 bits per heavy atom. The molecule has 6 heteroatoms. The lowest BCUT2D eigenvalue weighted by atomic mass is 9.85. The van der Waals surface area contributed by atoms with Gasteiger partial charge in [-0.15, -0.1) is 0 Å². The van der Waals surface area contributed by atoms with Crippen molar-refractivity contribution in [1.29, 1.82) is 0 Å². The highest BCUT2D eigenvalue weighted by Gasteiger charge is 2.40. The molecule has 27 heavy (non-hydrogen) atoms. The number of benzene rings is 2. The van der Waals surface area contributed by atoms with Crippen molar-refractivity contribution < 1.29 is 9.53 Å². The molecule has 144 valence electrons. The maximum Gasteiger partial charge on any atom is 0.245 e. The van der Waals surface area contributed by atoms with Crippen LogP contribution in [0.15, 0.2) is 48.5 Å². The monoisotopic (exact) mass is 387 g/mol. The second kappa shape index (κ2) is 8.63. The second-order valence-corrected chi connectivity index (χ2v) is 7.36. The zero-order valence-electron chi connectivity index (χ0n) is 15.8. The second-order valence-electron chi connectivity index (χ2n) is 6.92. The molecular formula is C21H26ClN3O2. The number of hydrogen-bond donors (Lipinski definition) is 2. The van der Waals surface area contributed by atoms with Crippen LogP contribution in [0.5, 0.6) is 5.75 Å². The number of carbonyl (C=O) groups excluding carboxylic acids is 1. The van der Waals surface area contributed by atoms with E-state index in [4.69, 9.17) is 16.3 Å². The molecule has 1 saturated heterocycles. The molecule has 1 aliphatic heterocycles. The molecule has 1 fully saturated rings. The normalized spacial score (nSPS) is 16.6. The molecule has 3 rings (SSSR count). The predicted octanol–water partition coefficient (Wildman–Crippen LogP) is 3.54. The number of rotatable bonds is 6. The molecule has 0 spiro atoms. The van der Waals surface area contributed by atoms with Crippen LogP contribution in [-0.2, 0) is 11.3 Å². The lowest BCUT2D eigenvalue weighted by Gasteiger charge is -2.41. The van der Waals surface area contributed by atoms with E-state index in [2.05, 4.69) is 21.6 Å². The van der Waals surface area contributed by atoms with Crippen molar-refractivity contribution in [3.63, 3.8) is 0 Å². The number of carbonyl (C=O) groups is 1. The van der Waals surface area contributed by atoms with Crippen molar-refractivity contribution in [3.05, 3.63) is 59.1 Å². The zero-order chi connectivity index (χ0) is 19.3. The molecular weight excluding hydrogens is 362 g/mol. The Morgan fingerprint density at radius 3 is 2.59 bits per heavy atom. The number of methoxy groups -OCH3 is 1. The molecule has 2 aromatic carbocycles. The van der Waals surface area contributed by atoms with Crippen LogP contribution in [0.2, 0.25) is 5.02 Å². The Kier molecular flexibility index (Phi) is 6.24. The first-order chi connectivity index (χ1) is 13.0. The lowest BCUT2D eigenvalue weighted by molar-refractivity contribution is -0.126. The molecule has 1 amide bonds. The van der Waals surface area contributed by atoms with Gasteiger partial charge in [-0.2, -0.15) is 0 Å². The topological polar surface area (TPSA) is 53.6 Å². The largest absolute Gasteiger partial charge is 0.497 e. The van der Waals surface area contributed by atoms with E-state index in [1.54, 1.807) is 14.2 Å². The Morgan fingerprint density at radius 2 is 1.93 bits per heavy atom. The summed E-state index contributed by atoms with van der Waals surface area (Å²) in [6.45, 7) is 2.50. The zero-order valence-corrected chi connectivity index (χ0v) is 16.6. The maximum atomic E-state index is 12.7. The van der Waals surface area contributed by atoms with Gasteiger partial charge in [-0.3, -0.25) is 9.69 Å². The highest BCUT2D eigenvalue weighted by Crippen LogP contribution is 2.30.